The van der Waals surface area contributed by atoms with Crippen molar-refractivity contribution in [2.45, 2.75) is 24.9 Å². The molecule has 1 aliphatic heterocycles. The lowest BCUT2D eigenvalue weighted by Crippen LogP contribution is -2.31. The van der Waals surface area contributed by atoms with Gasteiger partial charge in [0.1, 0.15) is 0 Å². The molecule has 0 unspecified atom stereocenters. The maximum Gasteiger partial charge on any atom is 0.416 e. The van der Waals surface area contributed by atoms with E-state index in [4.69, 9.17) is 5.11 Å². The summed E-state index contributed by atoms with van der Waals surface area (Å²) in [6.45, 7) is 0.512. The largest absolute Gasteiger partial charge is 0.481 e. The molecule has 1 aliphatic carbocycles. The Morgan fingerprint density at radius 2 is 1.91 bits per heavy atom. The lowest BCUT2D eigenvalue weighted by atomic mass is 10.0. The second-order valence-corrected chi connectivity index (χ2v) is 6.14. The first-order valence-electron chi connectivity index (χ1n) is 7.46. The number of amides is 1. The maximum atomic E-state index is 13.0. The number of benzene rings is 1. The predicted molar refractivity (Wildman–Crippen MR) is 74.6 cm³/mol. The summed E-state index contributed by atoms with van der Waals surface area (Å²) in [6.07, 6.45) is -3.65. The average Bonchev–Trinajstić information content (AvgIpc) is 3.12. The number of nitrogens with zero attached hydrogens (tertiary/aromatic N) is 1. The normalized spacial score (nSPS) is 27.1. The first-order chi connectivity index (χ1) is 10.8. The minimum Gasteiger partial charge on any atom is -0.481 e. The summed E-state index contributed by atoms with van der Waals surface area (Å²) in [7, 11) is 0. The van der Waals surface area contributed by atoms with Crippen LogP contribution in [0.1, 0.15) is 29.9 Å². The van der Waals surface area contributed by atoms with E-state index in [0.29, 0.717) is 19.4 Å². The molecule has 1 amide bonds. The number of carboxylic acid groups (broad SMARTS) is 1. The van der Waals surface area contributed by atoms with E-state index in [1.165, 1.54) is 17.0 Å². The molecule has 2 fully saturated rings. The van der Waals surface area contributed by atoms with Crippen molar-refractivity contribution in [3.8, 4) is 0 Å². The van der Waals surface area contributed by atoms with E-state index < -0.39 is 35.5 Å². The molecule has 0 spiro atoms. The van der Waals surface area contributed by atoms with Crippen LogP contribution in [-0.4, -0.2) is 35.0 Å². The van der Waals surface area contributed by atoms with Crippen molar-refractivity contribution in [1.29, 1.82) is 0 Å². The SMILES string of the molecule is O=C(O)[C@@H]1CCN(C(=O)[C@@H]2C[C@H]2c2ccccc2C(F)(F)F)C1. The van der Waals surface area contributed by atoms with Gasteiger partial charge in [-0.15, -0.1) is 0 Å². The Hall–Kier alpha value is -2.05. The van der Waals surface area contributed by atoms with E-state index in [2.05, 4.69) is 0 Å². The van der Waals surface area contributed by atoms with Gasteiger partial charge in [0.25, 0.3) is 0 Å². The van der Waals surface area contributed by atoms with E-state index in [-0.39, 0.29) is 18.0 Å². The number of halogens is 3. The van der Waals surface area contributed by atoms with Gasteiger partial charge in [-0.05, 0) is 30.4 Å². The van der Waals surface area contributed by atoms with Gasteiger partial charge in [-0.1, -0.05) is 18.2 Å². The Morgan fingerprint density at radius 1 is 1.22 bits per heavy atom. The number of hydrogen-bond donors (Lipinski definition) is 1. The average molecular weight is 327 g/mol. The van der Waals surface area contributed by atoms with Crippen LogP contribution in [0.3, 0.4) is 0 Å². The highest BCUT2D eigenvalue weighted by molar-refractivity contribution is 5.84. The number of hydrogen-bond acceptors (Lipinski definition) is 2. The Bertz CT molecular complexity index is 644. The Morgan fingerprint density at radius 3 is 2.52 bits per heavy atom. The zero-order valence-corrected chi connectivity index (χ0v) is 12.2. The van der Waals surface area contributed by atoms with Crippen molar-refractivity contribution < 1.29 is 27.9 Å². The second-order valence-electron chi connectivity index (χ2n) is 6.14. The molecule has 2 aliphatic rings. The lowest BCUT2D eigenvalue weighted by molar-refractivity contribution is -0.142. The monoisotopic (exact) mass is 327 g/mol. The highest BCUT2D eigenvalue weighted by atomic mass is 19.4. The fourth-order valence-corrected chi connectivity index (χ4v) is 3.29. The molecular formula is C16H16F3NO3. The third-order valence-electron chi connectivity index (χ3n) is 4.62. The zero-order chi connectivity index (χ0) is 16.8. The minimum absolute atomic E-state index is 0.151. The van der Waals surface area contributed by atoms with Gasteiger partial charge in [0, 0.05) is 19.0 Å². The summed E-state index contributed by atoms with van der Waals surface area (Å²) in [4.78, 5) is 24.8. The third kappa shape index (κ3) is 3.04. The second kappa shape index (κ2) is 5.54. The molecule has 1 aromatic carbocycles. The number of carbonyl (C=O) groups excluding carboxylic acids is 1. The van der Waals surface area contributed by atoms with Crippen LogP contribution >= 0.6 is 0 Å². The van der Waals surface area contributed by atoms with Gasteiger partial charge in [-0.2, -0.15) is 13.2 Å². The lowest BCUT2D eigenvalue weighted by Gasteiger charge is -2.17. The molecule has 0 radical (unpaired) electrons. The van der Waals surface area contributed by atoms with Crippen LogP contribution in [0.25, 0.3) is 0 Å². The van der Waals surface area contributed by atoms with Gasteiger partial charge < -0.3 is 10.0 Å². The van der Waals surface area contributed by atoms with Gasteiger partial charge in [0.2, 0.25) is 5.91 Å². The molecule has 1 saturated carbocycles. The Labute approximate surface area is 130 Å². The molecule has 23 heavy (non-hydrogen) atoms. The minimum atomic E-state index is -4.44. The van der Waals surface area contributed by atoms with Crippen molar-refractivity contribution >= 4 is 11.9 Å². The molecule has 0 aromatic heterocycles. The van der Waals surface area contributed by atoms with Crippen molar-refractivity contribution in [2.75, 3.05) is 13.1 Å². The fourth-order valence-electron chi connectivity index (χ4n) is 3.29. The van der Waals surface area contributed by atoms with E-state index in [1.807, 2.05) is 0 Å². The molecule has 1 N–H and O–H groups in total. The smallest absolute Gasteiger partial charge is 0.416 e. The van der Waals surface area contributed by atoms with Crippen LogP contribution in [0.2, 0.25) is 0 Å². The maximum absolute atomic E-state index is 13.0. The highest BCUT2D eigenvalue weighted by Gasteiger charge is 2.50. The summed E-state index contributed by atoms with van der Waals surface area (Å²) in [5.74, 6) is -2.63. The summed E-state index contributed by atoms with van der Waals surface area (Å²) in [5.41, 5.74) is -0.530. The van der Waals surface area contributed by atoms with Gasteiger partial charge in [-0.3, -0.25) is 9.59 Å². The molecular weight excluding hydrogens is 311 g/mol. The summed E-state index contributed by atoms with van der Waals surface area (Å²) < 4.78 is 39.1. The van der Waals surface area contributed by atoms with E-state index in [9.17, 15) is 22.8 Å². The first kappa shape index (κ1) is 15.8. The molecule has 1 saturated heterocycles. The number of aliphatic carboxylic acids is 1. The van der Waals surface area contributed by atoms with Crippen LogP contribution in [0.4, 0.5) is 13.2 Å². The quantitative estimate of drug-likeness (QED) is 0.929. The topological polar surface area (TPSA) is 57.6 Å². The number of alkyl halides is 3. The van der Waals surface area contributed by atoms with Crippen LogP contribution in [0.15, 0.2) is 24.3 Å². The molecule has 3 atom stereocenters. The van der Waals surface area contributed by atoms with Crippen molar-refractivity contribution in [2.24, 2.45) is 11.8 Å². The van der Waals surface area contributed by atoms with Gasteiger partial charge in [0.15, 0.2) is 0 Å². The Kier molecular flexibility index (Phi) is 3.82. The summed E-state index contributed by atoms with van der Waals surface area (Å²) in [6, 6.07) is 5.33. The third-order valence-corrected chi connectivity index (χ3v) is 4.62. The van der Waals surface area contributed by atoms with E-state index >= 15 is 0 Å². The number of likely N-dealkylation sites (tertiary alicyclic amines) is 1. The fraction of sp³-hybridized carbons (Fsp3) is 0.500. The van der Waals surface area contributed by atoms with E-state index in [1.54, 1.807) is 6.07 Å². The van der Waals surface area contributed by atoms with Crippen molar-refractivity contribution in [3.63, 3.8) is 0 Å². The summed E-state index contributed by atoms with van der Waals surface area (Å²) >= 11 is 0. The molecule has 1 aromatic rings. The van der Waals surface area contributed by atoms with Crippen molar-refractivity contribution in [3.05, 3.63) is 35.4 Å². The van der Waals surface area contributed by atoms with Gasteiger partial charge in [0.05, 0.1) is 11.5 Å². The number of carboxylic acids is 1. The predicted octanol–water partition coefficient (Wildman–Crippen LogP) is 2.74. The van der Waals surface area contributed by atoms with Crippen molar-refractivity contribution in [1.82, 2.24) is 4.90 Å². The van der Waals surface area contributed by atoms with Crippen LogP contribution in [0, 0.1) is 11.8 Å². The van der Waals surface area contributed by atoms with Crippen LogP contribution in [-0.2, 0) is 15.8 Å². The molecule has 3 rings (SSSR count). The van der Waals surface area contributed by atoms with Gasteiger partial charge in [-0.25, -0.2) is 0 Å². The molecule has 1 heterocycles. The highest BCUT2D eigenvalue weighted by Crippen LogP contribution is 2.52. The summed E-state index contributed by atoms with van der Waals surface area (Å²) in [5, 5.41) is 8.96. The molecule has 124 valence electrons. The van der Waals surface area contributed by atoms with Crippen LogP contribution in [0.5, 0.6) is 0 Å². The number of carbonyl (C=O) groups is 2. The van der Waals surface area contributed by atoms with E-state index in [0.717, 1.165) is 6.07 Å². The molecule has 4 nitrogen and oxygen atoms in total. The van der Waals surface area contributed by atoms with Gasteiger partial charge >= 0.3 is 12.1 Å². The van der Waals surface area contributed by atoms with Crippen LogP contribution < -0.4 is 0 Å². The molecule has 0 bridgehead atoms. The zero-order valence-electron chi connectivity index (χ0n) is 12.2. The standard InChI is InChI=1S/C16H16F3NO3/c17-16(18,19)13-4-2-1-3-10(13)11-7-12(11)14(21)20-6-5-9(8-20)15(22)23/h1-4,9,11-12H,5-8H2,(H,22,23)/t9-,11+,12-/m1/s1. The molecule has 7 heteroatoms. The number of rotatable bonds is 3. The Balaban J connectivity index is 1.71. The first-order valence-corrected chi connectivity index (χ1v) is 7.46.